The molecular formula is C17H16N4O2S. The van der Waals surface area contributed by atoms with E-state index in [0.717, 1.165) is 32.0 Å². The second-order valence-corrected chi connectivity index (χ2v) is 6.53. The average Bonchev–Trinajstić information content (AvgIpc) is 3.25. The van der Waals surface area contributed by atoms with Crippen LogP contribution in [0.15, 0.2) is 35.0 Å². The number of aromatic nitrogens is 4. The predicted octanol–water partition coefficient (Wildman–Crippen LogP) is 3.90. The Labute approximate surface area is 142 Å². The molecule has 0 unspecified atom stereocenters. The van der Waals surface area contributed by atoms with Crippen molar-refractivity contribution in [2.45, 2.75) is 20.5 Å². The molecule has 0 N–H and O–H groups in total. The molecule has 0 fully saturated rings. The zero-order valence-electron chi connectivity index (χ0n) is 13.6. The number of fused-ring (bicyclic) bond motifs is 1. The molecule has 4 rings (SSSR count). The van der Waals surface area contributed by atoms with E-state index in [9.17, 15) is 0 Å². The third-order valence-corrected chi connectivity index (χ3v) is 4.79. The molecule has 0 aliphatic rings. The normalized spacial score (nSPS) is 11.5. The van der Waals surface area contributed by atoms with Gasteiger partial charge in [0.2, 0.25) is 5.89 Å². The Balaban J connectivity index is 2.09. The molecular weight excluding hydrogens is 324 g/mol. The first-order valence-corrected chi connectivity index (χ1v) is 8.35. The Hall–Kier alpha value is -2.51. The van der Waals surface area contributed by atoms with E-state index in [4.69, 9.17) is 14.1 Å². The fourth-order valence-corrected chi connectivity index (χ4v) is 4.02. The van der Waals surface area contributed by atoms with E-state index in [1.807, 2.05) is 31.5 Å². The SMILES string of the molecule is COCc1cc(C)nc2sc(-c3nnc(C)o3)c(-n3cccc3)c12. The first kappa shape index (κ1) is 15.0. The highest BCUT2D eigenvalue weighted by Crippen LogP contribution is 2.41. The minimum absolute atomic E-state index is 0.514. The zero-order chi connectivity index (χ0) is 16.7. The standard InChI is InChI=1S/C17H16N4O2S/c1-10-8-12(9-22-3)13-14(21-6-4-5-7-21)15(24-17(13)18-10)16-20-19-11(2)23-16/h4-8H,9H2,1-3H3. The van der Waals surface area contributed by atoms with E-state index in [-0.39, 0.29) is 0 Å². The monoisotopic (exact) mass is 340 g/mol. The lowest BCUT2D eigenvalue weighted by Gasteiger charge is -2.08. The molecule has 0 spiro atoms. The van der Waals surface area contributed by atoms with E-state index in [1.54, 1.807) is 25.4 Å². The maximum Gasteiger partial charge on any atom is 0.259 e. The van der Waals surface area contributed by atoms with Crippen molar-refractivity contribution in [3.63, 3.8) is 0 Å². The molecule has 7 heteroatoms. The molecule has 0 aliphatic carbocycles. The maximum atomic E-state index is 5.68. The van der Waals surface area contributed by atoms with E-state index in [2.05, 4.69) is 20.8 Å². The number of methoxy groups -OCH3 is 1. The minimum atomic E-state index is 0.514. The summed E-state index contributed by atoms with van der Waals surface area (Å²) in [7, 11) is 1.70. The van der Waals surface area contributed by atoms with Gasteiger partial charge in [-0.1, -0.05) is 0 Å². The highest BCUT2D eigenvalue weighted by molar-refractivity contribution is 7.22. The highest BCUT2D eigenvalue weighted by atomic mass is 32.1. The van der Waals surface area contributed by atoms with Gasteiger partial charge in [0, 0.05) is 37.5 Å². The summed E-state index contributed by atoms with van der Waals surface area (Å²) in [5.41, 5.74) is 3.06. The highest BCUT2D eigenvalue weighted by Gasteiger charge is 2.22. The predicted molar refractivity (Wildman–Crippen MR) is 92.4 cm³/mol. The second kappa shape index (κ2) is 5.85. The van der Waals surface area contributed by atoms with Gasteiger partial charge in [-0.25, -0.2) is 4.98 Å². The van der Waals surface area contributed by atoms with Crippen LogP contribution in [-0.2, 0) is 11.3 Å². The molecule has 0 saturated carbocycles. The smallest absolute Gasteiger partial charge is 0.259 e. The fourth-order valence-electron chi connectivity index (χ4n) is 2.83. The number of thiophene rings is 1. The van der Waals surface area contributed by atoms with Crippen LogP contribution in [-0.4, -0.2) is 26.9 Å². The third kappa shape index (κ3) is 2.42. The second-order valence-electron chi connectivity index (χ2n) is 5.53. The van der Waals surface area contributed by atoms with E-state index < -0.39 is 0 Å². The van der Waals surface area contributed by atoms with Crippen LogP contribution in [0.5, 0.6) is 0 Å². The molecule has 4 aromatic heterocycles. The molecule has 24 heavy (non-hydrogen) atoms. The molecule has 6 nitrogen and oxygen atoms in total. The van der Waals surface area contributed by atoms with Gasteiger partial charge in [-0.2, -0.15) is 0 Å². The molecule has 0 amide bonds. The van der Waals surface area contributed by atoms with Crippen LogP contribution in [0.4, 0.5) is 0 Å². The van der Waals surface area contributed by atoms with Crippen molar-refractivity contribution >= 4 is 21.6 Å². The lowest BCUT2D eigenvalue weighted by molar-refractivity contribution is 0.186. The number of rotatable bonds is 4. The topological polar surface area (TPSA) is 66.0 Å². The summed E-state index contributed by atoms with van der Waals surface area (Å²) in [6.07, 6.45) is 4.01. The summed E-state index contributed by atoms with van der Waals surface area (Å²) in [5.74, 6) is 1.06. The van der Waals surface area contributed by atoms with Crippen LogP contribution < -0.4 is 0 Å². The Kier molecular flexibility index (Phi) is 3.66. The van der Waals surface area contributed by atoms with Gasteiger partial charge in [-0.05, 0) is 30.7 Å². The summed E-state index contributed by atoms with van der Waals surface area (Å²) >= 11 is 1.56. The number of ether oxygens (including phenoxy) is 1. The van der Waals surface area contributed by atoms with Gasteiger partial charge in [-0.15, -0.1) is 21.5 Å². The first-order valence-electron chi connectivity index (χ1n) is 7.53. The van der Waals surface area contributed by atoms with Gasteiger partial charge in [0.05, 0.1) is 12.3 Å². The van der Waals surface area contributed by atoms with Gasteiger partial charge in [0.15, 0.2) is 0 Å². The number of hydrogen-bond donors (Lipinski definition) is 0. The van der Waals surface area contributed by atoms with E-state index in [0.29, 0.717) is 18.4 Å². The molecule has 0 aliphatic heterocycles. The summed E-state index contributed by atoms with van der Waals surface area (Å²) < 4.78 is 13.1. The molecule has 0 radical (unpaired) electrons. The fraction of sp³-hybridized carbons (Fsp3) is 0.235. The maximum absolute atomic E-state index is 5.68. The number of pyridine rings is 1. The van der Waals surface area contributed by atoms with Crippen LogP contribution in [0.1, 0.15) is 17.1 Å². The van der Waals surface area contributed by atoms with Gasteiger partial charge in [0.25, 0.3) is 5.89 Å². The van der Waals surface area contributed by atoms with Crippen LogP contribution >= 0.6 is 11.3 Å². The lowest BCUT2D eigenvalue weighted by atomic mass is 10.1. The van der Waals surface area contributed by atoms with Crippen molar-refractivity contribution in [1.29, 1.82) is 0 Å². The number of hydrogen-bond acceptors (Lipinski definition) is 6. The third-order valence-electron chi connectivity index (χ3n) is 3.73. The van der Waals surface area contributed by atoms with Crippen LogP contribution in [0.2, 0.25) is 0 Å². The van der Waals surface area contributed by atoms with Crippen molar-refractivity contribution in [3.05, 3.63) is 47.7 Å². The molecule has 0 aromatic carbocycles. The summed E-state index contributed by atoms with van der Waals surface area (Å²) in [6.45, 7) is 4.30. The lowest BCUT2D eigenvalue weighted by Crippen LogP contribution is -1.97. The Bertz CT molecular complexity index is 1000. The van der Waals surface area contributed by atoms with Crippen LogP contribution in [0, 0.1) is 13.8 Å². The number of aryl methyl sites for hydroxylation is 2. The van der Waals surface area contributed by atoms with E-state index in [1.165, 1.54) is 0 Å². The Morgan fingerprint density at radius 3 is 2.67 bits per heavy atom. The summed E-state index contributed by atoms with van der Waals surface area (Å²) in [5, 5.41) is 9.23. The molecule has 0 saturated heterocycles. The van der Waals surface area contributed by atoms with Crippen molar-refractivity contribution < 1.29 is 9.15 Å². The van der Waals surface area contributed by atoms with Crippen molar-refractivity contribution in [2.24, 2.45) is 0 Å². The average molecular weight is 340 g/mol. The van der Waals surface area contributed by atoms with Crippen LogP contribution in [0.3, 0.4) is 0 Å². The van der Waals surface area contributed by atoms with Crippen molar-refractivity contribution in [1.82, 2.24) is 19.7 Å². The molecule has 122 valence electrons. The van der Waals surface area contributed by atoms with Gasteiger partial charge in [-0.3, -0.25) is 0 Å². The van der Waals surface area contributed by atoms with Crippen molar-refractivity contribution in [2.75, 3.05) is 7.11 Å². The molecule has 4 aromatic rings. The zero-order valence-corrected chi connectivity index (χ0v) is 14.4. The Morgan fingerprint density at radius 2 is 2.00 bits per heavy atom. The van der Waals surface area contributed by atoms with Crippen LogP contribution in [0.25, 0.3) is 26.7 Å². The van der Waals surface area contributed by atoms with E-state index >= 15 is 0 Å². The largest absolute Gasteiger partial charge is 0.420 e. The molecule has 4 heterocycles. The van der Waals surface area contributed by atoms with Gasteiger partial charge in [0.1, 0.15) is 9.71 Å². The molecule has 0 atom stereocenters. The number of nitrogens with zero attached hydrogens (tertiary/aromatic N) is 4. The van der Waals surface area contributed by atoms with Crippen molar-refractivity contribution in [3.8, 4) is 16.5 Å². The van der Waals surface area contributed by atoms with Gasteiger partial charge >= 0.3 is 0 Å². The quantitative estimate of drug-likeness (QED) is 0.564. The summed E-state index contributed by atoms with van der Waals surface area (Å²) in [4.78, 5) is 6.56. The molecule has 0 bridgehead atoms. The minimum Gasteiger partial charge on any atom is -0.420 e. The first-order chi connectivity index (χ1) is 11.7. The Morgan fingerprint density at radius 1 is 1.21 bits per heavy atom. The summed E-state index contributed by atoms with van der Waals surface area (Å²) in [6, 6.07) is 6.04. The van der Waals surface area contributed by atoms with Gasteiger partial charge < -0.3 is 13.7 Å².